The first-order valence-electron chi connectivity index (χ1n) is 7.73. The van der Waals surface area contributed by atoms with Crippen LogP contribution in [0.1, 0.15) is 24.2 Å². The van der Waals surface area contributed by atoms with Crippen molar-refractivity contribution in [3.63, 3.8) is 0 Å². The van der Waals surface area contributed by atoms with Crippen LogP contribution < -0.4 is 11.2 Å². The molecule has 1 atom stereocenters. The Morgan fingerprint density at radius 3 is 2.58 bits per heavy atom. The lowest BCUT2D eigenvalue weighted by Crippen LogP contribution is -2.28. The maximum Gasteiger partial charge on any atom is 0.329 e. The summed E-state index contributed by atoms with van der Waals surface area (Å²) in [5.41, 5.74) is 2.01. The van der Waals surface area contributed by atoms with Crippen LogP contribution in [0.5, 0.6) is 0 Å². The number of benzene rings is 1. The van der Waals surface area contributed by atoms with Crippen LogP contribution in [0.25, 0.3) is 16.9 Å². The van der Waals surface area contributed by atoms with Crippen molar-refractivity contribution in [3.05, 3.63) is 68.6 Å². The molecule has 3 heterocycles. The van der Waals surface area contributed by atoms with Crippen LogP contribution in [-0.2, 0) is 7.05 Å². The fourth-order valence-electron chi connectivity index (χ4n) is 3.25. The van der Waals surface area contributed by atoms with Gasteiger partial charge in [-0.3, -0.25) is 18.7 Å². The van der Waals surface area contributed by atoms with E-state index in [-0.39, 0.29) is 6.04 Å². The maximum atomic E-state index is 12.2. The molecule has 1 unspecified atom stereocenters. The average Bonchev–Trinajstić information content (AvgIpc) is 3.07. The molecule has 0 fully saturated rings. The van der Waals surface area contributed by atoms with Gasteiger partial charge in [0, 0.05) is 18.9 Å². The van der Waals surface area contributed by atoms with Crippen molar-refractivity contribution in [2.45, 2.75) is 19.9 Å². The first-order valence-corrected chi connectivity index (χ1v) is 7.73. The van der Waals surface area contributed by atoms with Crippen LogP contribution in [0, 0.1) is 6.92 Å². The summed E-state index contributed by atoms with van der Waals surface area (Å²) in [5.74, 6) is 0.644. The van der Waals surface area contributed by atoms with Crippen molar-refractivity contribution >= 4 is 16.9 Å². The topological polar surface area (TPSA) is 77.1 Å². The van der Waals surface area contributed by atoms with Crippen LogP contribution in [0.2, 0.25) is 0 Å². The number of H-pyrrole nitrogens is 1. The zero-order chi connectivity index (χ0) is 17.0. The Kier molecular flexibility index (Phi) is 2.99. The van der Waals surface area contributed by atoms with E-state index in [1.54, 1.807) is 11.4 Å². The molecule has 0 aliphatic rings. The van der Waals surface area contributed by atoms with Crippen molar-refractivity contribution < 1.29 is 0 Å². The highest BCUT2D eigenvalue weighted by Crippen LogP contribution is 2.24. The summed E-state index contributed by atoms with van der Waals surface area (Å²) < 4.78 is 5.18. The molecular formula is C17H17N5O2. The van der Waals surface area contributed by atoms with Gasteiger partial charge >= 0.3 is 5.69 Å². The van der Waals surface area contributed by atoms with Crippen LogP contribution in [0.15, 0.2) is 46.1 Å². The summed E-state index contributed by atoms with van der Waals surface area (Å²) in [6, 6.07) is 10.2. The molecule has 24 heavy (non-hydrogen) atoms. The summed E-state index contributed by atoms with van der Waals surface area (Å²) in [7, 11) is 1.60. The van der Waals surface area contributed by atoms with Gasteiger partial charge in [-0.2, -0.15) is 4.98 Å². The fourth-order valence-corrected chi connectivity index (χ4v) is 3.25. The minimum atomic E-state index is -0.465. The van der Waals surface area contributed by atoms with E-state index in [1.165, 1.54) is 4.57 Å². The van der Waals surface area contributed by atoms with E-state index < -0.39 is 11.2 Å². The highest BCUT2D eigenvalue weighted by molar-refractivity contribution is 5.75. The van der Waals surface area contributed by atoms with Gasteiger partial charge in [-0.25, -0.2) is 4.79 Å². The minimum Gasteiger partial charge on any atom is -0.307 e. The Bertz CT molecular complexity index is 1180. The summed E-state index contributed by atoms with van der Waals surface area (Å²) in [6.07, 6.45) is 1.88. The van der Waals surface area contributed by atoms with Crippen molar-refractivity contribution in [2.75, 3.05) is 0 Å². The number of aromatic nitrogens is 5. The number of fused-ring (bicyclic) bond motifs is 3. The lowest BCUT2D eigenvalue weighted by atomic mass is 10.1. The molecule has 0 saturated carbocycles. The van der Waals surface area contributed by atoms with E-state index in [1.807, 2.05) is 31.3 Å². The monoisotopic (exact) mass is 323 g/mol. The zero-order valence-electron chi connectivity index (χ0n) is 13.6. The Balaban J connectivity index is 2.08. The number of hydrogen-bond acceptors (Lipinski definition) is 3. The SMILES string of the molecule is Cc1cn2c3c(=O)[nH]c(=O)n(C)c3nc2n1C(C)c1ccccc1. The molecule has 0 bridgehead atoms. The molecule has 1 N–H and O–H groups in total. The Morgan fingerprint density at radius 1 is 1.17 bits per heavy atom. The predicted molar refractivity (Wildman–Crippen MR) is 91.5 cm³/mol. The minimum absolute atomic E-state index is 0.0524. The van der Waals surface area contributed by atoms with E-state index in [4.69, 9.17) is 0 Å². The van der Waals surface area contributed by atoms with Crippen LogP contribution in [0.4, 0.5) is 0 Å². The third-order valence-electron chi connectivity index (χ3n) is 4.51. The van der Waals surface area contributed by atoms with Gasteiger partial charge in [0.25, 0.3) is 5.56 Å². The number of hydrogen-bond donors (Lipinski definition) is 1. The number of aryl methyl sites for hydroxylation is 2. The van der Waals surface area contributed by atoms with E-state index in [2.05, 4.69) is 33.6 Å². The third kappa shape index (κ3) is 1.87. The molecule has 0 aliphatic carbocycles. The summed E-state index contributed by atoms with van der Waals surface area (Å²) in [4.78, 5) is 31.0. The molecule has 0 amide bonds. The summed E-state index contributed by atoms with van der Waals surface area (Å²) in [5, 5.41) is 0. The first kappa shape index (κ1) is 14.5. The summed E-state index contributed by atoms with van der Waals surface area (Å²) >= 11 is 0. The number of imidazole rings is 2. The highest BCUT2D eigenvalue weighted by atomic mass is 16.2. The molecule has 122 valence electrons. The largest absolute Gasteiger partial charge is 0.329 e. The second kappa shape index (κ2) is 4.95. The van der Waals surface area contributed by atoms with Gasteiger partial charge in [0.2, 0.25) is 5.78 Å². The lowest BCUT2D eigenvalue weighted by molar-refractivity contribution is 0.639. The molecule has 7 heteroatoms. The molecule has 3 aromatic heterocycles. The molecule has 0 spiro atoms. The first-order chi connectivity index (χ1) is 11.5. The van der Waals surface area contributed by atoms with Crippen molar-refractivity contribution in [1.82, 2.24) is 23.5 Å². The van der Waals surface area contributed by atoms with Crippen LogP contribution in [0.3, 0.4) is 0 Å². The number of rotatable bonds is 2. The third-order valence-corrected chi connectivity index (χ3v) is 4.51. The van der Waals surface area contributed by atoms with E-state index >= 15 is 0 Å². The van der Waals surface area contributed by atoms with Gasteiger partial charge < -0.3 is 4.57 Å². The normalized spacial score (nSPS) is 13.0. The van der Waals surface area contributed by atoms with Gasteiger partial charge in [-0.05, 0) is 19.4 Å². The molecule has 7 nitrogen and oxygen atoms in total. The second-order valence-corrected chi connectivity index (χ2v) is 6.00. The van der Waals surface area contributed by atoms with E-state index in [0.29, 0.717) is 16.9 Å². The van der Waals surface area contributed by atoms with Crippen molar-refractivity contribution in [2.24, 2.45) is 7.05 Å². The van der Waals surface area contributed by atoms with E-state index in [9.17, 15) is 9.59 Å². The van der Waals surface area contributed by atoms with Crippen molar-refractivity contribution in [1.29, 1.82) is 0 Å². The van der Waals surface area contributed by atoms with Crippen LogP contribution in [-0.4, -0.2) is 23.5 Å². The highest BCUT2D eigenvalue weighted by Gasteiger charge is 2.20. The number of aromatic amines is 1. The zero-order valence-corrected chi connectivity index (χ0v) is 13.6. The molecule has 4 aromatic rings. The smallest absolute Gasteiger partial charge is 0.307 e. The van der Waals surface area contributed by atoms with Gasteiger partial charge in [-0.1, -0.05) is 30.3 Å². The lowest BCUT2D eigenvalue weighted by Gasteiger charge is -2.16. The fraction of sp³-hybridized carbons (Fsp3) is 0.235. The Hall–Kier alpha value is -3.09. The molecular weight excluding hydrogens is 306 g/mol. The number of nitrogens with zero attached hydrogens (tertiary/aromatic N) is 4. The Morgan fingerprint density at radius 2 is 1.88 bits per heavy atom. The average molecular weight is 323 g/mol. The number of nitrogens with one attached hydrogen (secondary N) is 1. The van der Waals surface area contributed by atoms with Gasteiger partial charge in [0.05, 0.1) is 6.04 Å². The second-order valence-electron chi connectivity index (χ2n) is 6.00. The quantitative estimate of drug-likeness (QED) is 0.608. The van der Waals surface area contributed by atoms with Crippen molar-refractivity contribution in [3.8, 4) is 0 Å². The molecule has 0 radical (unpaired) electrons. The molecule has 4 rings (SSSR count). The Labute approximate surface area is 136 Å². The van der Waals surface area contributed by atoms with E-state index in [0.717, 1.165) is 11.3 Å². The van der Waals surface area contributed by atoms with Gasteiger partial charge in [0.1, 0.15) is 0 Å². The summed E-state index contributed by atoms with van der Waals surface area (Å²) in [6.45, 7) is 4.07. The van der Waals surface area contributed by atoms with Gasteiger partial charge in [0.15, 0.2) is 11.2 Å². The molecule has 0 saturated heterocycles. The standard InChI is InChI=1S/C17H17N5O2/c1-10-9-21-13-14(20(3)17(24)19-15(13)23)18-16(21)22(10)11(2)12-7-5-4-6-8-12/h4-9,11H,1-3H3,(H,19,23,24). The predicted octanol–water partition coefficient (Wildman–Crippen LogP) is 1.59. The van der Waals surface area contributed by atoms with Crippen LogP contribution >= 0.6 is 0 Å². The maximum absolute atomic E-state index is 12.2. The molecule has 0 aliphatic heterocycles. The van der Waals surface area contributed by atoms with Gasteiger partial charge in [-0.15, -0.1) is 0 Å². The molecule has 1 aromatic carbocycles.